The third kappa shape index (κ3) is 4.55. The van der Waals surface area contributed by atoms with Crippen LogP contribution in [0.3, 0.4) is 0 Å². The summed E-state index contributed by atoms with van der Waals surface area (Å²) in [6.45, 7) is 5.43. The summed E-state index contributed by atoms with van der Waals surface area (Å²) in [5.41, 5.74) is 7.68. The van der Waals surface area contributed by atoms with Crippen LogP contribution in [0.4, 0.5) is 5.69 Å². The van der Waals surface area contributed by atoms with Crippen LogP contribution in [-0.4, -0.2) is 18.4 Å². The second-order valence-electron chi connectivity index (χ2n) is 3.90. The van der Waals surface area contributed by atoms with Crippen molar-refractivity contribution < 1.29 is 9.59 Å². The number of benzene rings is 1. The number of carbonyl (C=O) groups excluding carboxylic acids is 2. The maximum atomic E-state index is 11.3. The normalized spacial score (nSPS) is 9.59. The largest absolute Gasteiger partial charge is 0.376 e. The molecule has 1 aromatic rings. The van der Waals surface area contributed by atoms with E-state index >= 15 is 0 Å². The molecule has 1 rings (SSSR count). The number of amides is 2. The molecule has 17 heavy (non-hydrogen) atoms. The quantitative estimate of drug-likeness (QED) is 0.681. The van der Waals surface area contributed by atoms with E-state index in [4.69, 9.17) is 0 Å². The van der Waals surface area contributed by atoms with Crippen molar-refractivity contribution in [2.75, 3.05) is 11.9 Å². The molecule has 0 atom stereocenters. The van der Waals surface area contributed by atoms with Crippen molar-refractivity contribution in [3.63, 3.8) is 0 Å². The summed E-state index contributed by atoms with van der Waals surface area (Å²) in [4.78, 5) is 21.9. The van der Waals surface area contributed by atoms with Crippen LogP contribution in [0.15, 0.2) is 18.2 Å². The standard InChI is InChI=1S/C12H17N3O2/c1-8-4-5-11(9(2)6-8)13-7-12(17)15-14-10(3)16/h4-6,13H,7H2,1-3H3,(H,14,16)(H,15,17). The second kappa shape index (κ2) is 5.89. The Morgan fingerprint density at radius 3 is 2.47 bits per heavy atom. The zero-order chi connectivity index (χ0) is 12.8. The maximum absolute atomic E-state index is 11.3. The number of hydrogen-bond donors (Lipinski definition) is 3. The Morgan fingerprint density at radius 1 is 1.18 bits per heavy atom. The second-order valence-corrected chi connectivity index (χ2v) is 3.90. The fraction of sp³-hybridized carbons (Fsp3) is 0.333. The number of anilines is 1. The van der Waals surface area contributed by atoms with Crippen molar-refractivity contribution in [1.82, 2.24) is 10.9 Å². The molecule has 0 bridgehead atoms. The molecule has 1 aromatic carbocycles. The molecule has 0 aliphatic heterocycles. The number of rotatable bonds is 3. The van der Waals surface area contributed by atoms with Crippen molar-refractivity contribution in [1.29, 1.82) is 0 Å². The van der Waals surface area contributed by atoms with Crippen LogP contribution in [0.2, 0.25) is 0 Å². The summed E-state index contributed by atoms with van der Waals surface area (Å²) in [5, 5.41) is 3.00. The third-order valence-corrected chi connectivity index (χ3v) is 2.20. The van der Waals surface area contributed by atoms with Crippen LogP contribution >= 0.6 is 0 Å². The number of carbonyl (C=O) groups is 2. The van der Waals surface area contributed by atoms with Crippen LogP contribution in [0.5, 0.6) is 0 Å². The minimum Gasteiger partial charge on any atom is -0.376 e. The molecular weight excluding hydrogens is 218 g/mol. The Hall–Kier alpha value is -2.04. The molecule has 0 aliphatic rings. The van der Waals surface area contributed by atoms with Gasteiger partial charge in [0.1, 0.15) is 0 Å². The molecule has 92 valence electrons. The van der Waals surface area contributed by atoms with Crippen molar-refractivity contribution in [2.45, 2.75) is 20.8 Å². The minimum atomic E-state index is -0.301. The van der Waals surface area contributed by atoms with Crippen molar-refractivity contribution >= 4 is 17.5 Å². The van der Waals surface area contributed by atoms with E-state index in [1.165, 1.54) is 12.5 Å². The van der Waals surface area contributed by atoms with Gasteiger partial charge in [-0.25, -0.2) is 0 Å². The molecule has 0 fully saturated rings. The highest BCUT2D eigenvalue weighted by Crippen LogP contribution is 2.15. The summed E-state index contributed by atoms with van der Waals surface area (Å²) < 4.78 is 0. The molecule has 0 unspecified atom stereocenters. The summed E-state index contributed by atoms with van der Waals surface area (Å²) in [7, 11) is 0. The zero-order valence-electron chi connectivity index (χ0n) is 10.3. The van der Waals surface area contributed by atoms with E-state index in [9.17, 15) is 9.59 Å². The summed E-state index contributed by atoms with van der Waals surface area (Å²) >= 11 is 0. The van der Waals surface area contributed by atoms with Crippen LogP contribution in [0.25, 0.3) is 0 Å². The molecule has 5 nitrogen and oxygen atoms in total. The number of hydrogen-bond acceptors (Lipinski definition) is 3. The van der Waals surface area contributed by atoms with Gasteiger partial charge >= 0.3 is 0 Å². The van der Waals surface area contributed by atoms with Gasteiger partial charge in [-0.3, -0.25) is 20.4 Å². The Balaban J connectivity index is 2.44. The van der Waals surface area contributed by atoms with Gasteiger partial charge in [-0.15, -0.1) is 0 Å². The molecule has 0 radical (unpaired) electrons. The van der Waals surface area contributed by atoms with E-state index < -0.39 is 0 Å². The van der Waals surface area contributed by atoms with E-state index in [-0.39, 0.29) is 18.4 Å². The van der Waals surface area contributed by atoms with Crippen LogP contribution < -0.4 is 16.2 Å². The average Bonchev–Trinajstić information content (AvgIpc) is 2.25. The lowest BCUT2D eigenvalue weighted by Gasteiger charge is -2.10. The Labute approximate surface area is 101 Å². The maximum Gasteiger partial charge on any atom is 0.257 e. The summed E-state index contributed by atoms with van der Waals surface area (Å²) in [6, 6.07) is 5.94. The Morgan fingerprint density at radius 2 is 1.88 bits per heavy atom. The smallest absolute Gasteiger partial charge is 0.257 e. The molecule has 0 spiro atoms. The summed E-state index contributed by atoms with van der Waals surface area (Å²) in [5.74, 6) is -0.593. The lowest BCUT2D eigenvalue weighted by molar-refractivity contribution is -0.126. The average molecular weight is 235 g/mol. The van der Waals surface area contributed by atoms with Crippen LogP contribution in [0.1, 0.15) is 18.1 Å². The van der Waals surface area contributed by atoms with Gasteiger partial charge in [-0.1, -0.05) is 17.7 Å². The third-order valence-electron chi connectivity index (χ3n) is 2.20. The first-order valence-corrected chi connectivity index (χ1v) is 5.35. The molecule has 2 amide bonds. The Bertz CT molecular complexity index is 430. The van der Waals surface area contributed by atoms with Gasteiger partial charge in [0.05, 0.1) is 6.54 Å². The topological polar surface area (TPSA) is 70.2 Å². The van der Waals surface area contributed by atoms with Gasteiger partial charge in [-0.2, -0.15) is 0 Å². The van der Waals surface area contributed by atoms with Crippen LogP contribution in [-0.2, 0) is 9.59 Å². The molecule has 0 aromatic heterocycles. The lowest BCUT2D eigenvalue weighted by Crippen LogP contribution is -2.43. The summed E-state index contributed by atoms with van der Waals surface area (Å²) in [6.07, 6.45) is 0. The van der Waals surface area contributed by atoms with Crippen molar-refractivity contribution in [3.05, 3.63) is 29.3 Å². The van der Waals surface area contributed by atoms with Gasteiger partial charge in [0, 0.05) is 12.6 Å². The first-order chi connectivity index (χ1) is 7.99. The van der Waals surface area contributed by atoms with E-state index in [0.717, 1.165) is 11.3 Å². The van der Waals surface area contributed by atoms with Crippen LogP contribution in [0, 0.1) is 13.8 Å². The van der Waals surface area contributed by atoms with Gasteiger partial charge in [0.15, 0.2) is 0 Å². The van der Waals surface area contributed by atoms with Crippen molar-refractivity contribution in [2.24, 2.45) is 0 Å². The molecule has 0 saturated heterocycles. The van der Waals surface area contributed by atoms with Gasteiger partial charge < -0.3 is 5.32 Å². The molecule has 0 saturated carbocycles. The van der Waals surface area contributed by atoms with E-state index in [2.05, 4.69) is 16.2 Å². The Kier molecular flexibility index (Phi) is 4.51. The fourth-order valence-electron chi connectivity index (χ4n) is 1.39. The highest BCUT2D eigenvalue weighted by molar-refractivity contribution is 5.83. The predicted molar refractivity (Wildman–Crippen MR) is 66.4 cm³/mol. The zero-order valence-corrected chi connectivity index (χ0v) is 10.3. The predicted octanol–water partition coefficient (Wildman–Crippen LogP) is 0.883. The van der Waals surface area contributed by atoms with E-state index in [0.29, 0.717) is 0 Å². The number of aryl methyl sites for hydroxylation is 2. The van der Waals surface area contributed by atoms with Gasteiger partial charge in [0.2, 0.25) is 5.91 Å². The number of hydrazine groups is 1. The van der Waals surface area contributed by atoms with E-state index in [1.807, 2.05) is 32.0 Å². The van der Waals surface area contributed by atoms with E-state index in [1.54, 1.807) is 0 Å². The number of nitrogens with one attached hydrogen (secondary N) is 3. The first kappa shape index (κ1) is 13.0. The molecule has 3 N–H and O–H groups in total. The first-order valence-electron chi connectivity index (χ1n) is 5.35. The fourth-order valence-corrected chi connectivity index (χ4v) is 1.39. The minimum absolute atomic E-state index is 0.115. The molecular formula is C12H17N3O2. The van der Waals surface area contributed by atoms with Crippen molar-refractivity contribution in [3.8, 4) is 0 Å². The molecule has 5 heteroatoms. The van der Waals surface area contributed by atoms with Gasteiger partial charge in [0.25, 0.3) is 5.91 Å². The van der Waals surface area contributed by atoms with Gasteiger partial charge in [-0.05, 0) is 25.5 Å². The monoisotopic (exact) mass is 235 g/mol. The SMILES string of the molecule is CC(=O)NNC(=O)CNc1ccc(C)cc1C. The molecule has 0 aliphatic carbocycles. The highest BCUT2D eigenvalue weighted by atomic mass is 16.2. The lowest BCUT2D eigenvalue weighted by atomic mass is 10.1. The highest BCUT2D eigenvalue weighted by Gasteiger charge is 2.03. The molecule has 0 heterocycles.